The van der Waals surface area contributed by atoms with Crippen LogP contribution in [-0.4, -0.2) is 19.2 Å². The number of nitrogens with one attached hydrogen (secondary N) is 1. The molecule has 0 radical (unpaired) electrons. The maximum atomic E-state index is 6.12. The number of hydrogen-bond acceptors (Lipinski definition) is 2. The Morgan fingerprint density at radius 1 is 1.28 bits per heavy atom. The van der Waals surface area contributed by atoms with Crippen molar-refractivity contribution in [3.8, 4) is 5.75 Å². The molecule has 0 spiro atoms. The first-order valence-corrected chi connectivity index (χ1v) is 7.05. The fraction of sp³-hybridized carbons (Fsp3) is 0.600. The second kappa shape index (κ2) is 7.65. The Hall–Kier alpha value is -0.730. The van der Waals surface area contributed by atoms with Gasteiger partial charge in [-0.1, -0.05) is 24.9 Å². The maximum Gasteiger partial charge on any atom is 0.119 e. The van der Waals surface area contributed by atoms with Gasteiger partial charge in [-0.05, 0) is 50.5 Å². The van der Waals surface area contributed by atoms with Gasteiger partial charge in [0.05, 0.1) is 0 Å². The van der Waals surface area contributed by atoms with Crippen molar-refractivity contribution in [2.45, 2.75) is 46.6 Å². The molecule has 1 aromatic rings. The first-order valence-electron chi connectivity index (χ1n) is 6.67. The lowest BCUT2D eigenvalue weighted by atomic mass is 10.1. The fourth-order valence-electron chi connectivity index (χ4n) is 2.00. The van der Waals surface area contributed by atoms with Gasteiger partial charge in [0.25, 0.3) is 0 Å². The highest BCUT2D eigenvalue weighted by molar-refractivity contribution is 6.32. The van der Waals surface area contributed by atoms with Crippen LogP contribution in [0.2, 0.25) is 5.02 Å². The molecule has 0 aliphatic carbocycles. The van der Waals surface area contributed by atoms with E-state index < -0.39 is 0 Å². The molecular weight excluding hydrogens is 246 g/mol. The molecule has 0 heterocycles. The van der Waals surface area contributed by atoms with Crippen LogP contribution in [0, 0.1) is 13.8 Å². The van der Waals surface area contributed by atoms with E-state index >= 15 is 0 Å². The summed E-state index contributed by atoms with van der Waals surface area (Å²) in [4.78, 5) is 0. The molecule has 1 N–H and O–H groups in total. The van der Waals surface area contributed by atoms with Crippen molar-refractivity contribution >= 4 is 11.6 Å². The molecule has 1 atom stereocenters. The predicted molar refractivity (Wildman–Crippen MR) is 78.8 cm³/mol. The van der Waals surface area contributed by atoms with Crippen LogP contribution >= 0.6 is 11.6 Å². The second-order valence-corrected chi connectivity index (χ2v) is 5.24. The average molecular weight is 270 g/mol. The van der Waals surface area contributed by atoms with Crippen LogP contribution < -0.4 is 10.1 Å². The molecule has 0 aromatic heterocycles. The fourth-order valence-corrected chi connectivity index (χ4v) is 2.11. The zero-order valence-electron chi connectivity index (χ0n) is 11.8. The van der Waals surface area contributed by atoms with Gasteiger partial charge in [-0.2, -0.15) is 0 Å². The summed E-state index contributed by atoms with van der Waals surface area (Å²) in [5.74, 6) is 0.902. The second-order valence-electron chi connectivity index (χ2n) is 4.86. The summed E-state index contributed by atoms with van der Waals surface area (Å²) in [6, 6.07) is 4.54. The van der Waals surface area contributed by atoms with Crippen LogP contribution in [0.15, 0.2) is 12.1 Å². The molecule has 1 rings (SSSR count). The molecule has 0 aliphatic rings. The Kier molecular flexibility index (Phi) is 6.51. The minimum atomic E-state index is 0.562. The van der Waals surface area contributed by atoms with Crippen molar-refractivity contribution in [1.29, 1.82) is 0 Å². The molecule has 0 aliphatic heterocycles. The highest BCUT2D eigenvalue weighted by Crippen LogP contribution is 2.25. The van der Waals surface area contributed by atoms with E-state index in [-0.39, 0.29) is 0 Å². The molecular formula is C15H24ClNO. The Morgan fingerprint density at radius 3 is 2.44 bits per heavy atom. The summed E-state index contributed by atoms with van der Waals surface area (Å²) in [5.41, 5.74) is 2.14. The highest BCUT2D eigenvalue weighted by atomic mass is 35.5. The van der Waals surface area contributed by atoms with E-state index in [2.05, 4.69) is 19.2 Å². The summed E-state index contributed by atoms with van der Waals surface area (Å²) >= 11 is 6.12. The lowest BCUT2D eigenvalue weighted by Crippen LogP contribution is -2.29. The van der Waals surface area contributed by atoms with Gasteiger partial charge in [0.15, 0.2) is 0 Å². The molecule has 3 heteroatoms. The van der Waals surface area contributed by atoms with Crippen molar-refractivity contribution in [3.05, 3.63) is 28.3 Å². The van der Waals surface area contributed by atoms with E-state index in [0.717, 1.165) is 28.4 Å². The number of hydrogen-bond donors (Lipinski definition) is 1. The van der Waals surface area contributed by atoms with E-state index in [1.165, 1.54) is 12.8 Å². The normalized spacial score (nSPS) is 12.5. The van der Waals surface area contributed by atoms with Crippen molar-refractivity contribution in [1.82, 2.24) is 5.32 Å². The minimum Gasteiger partial charge on any atom is -0.492 e. The van der Waals surface area contributed by atoms with Crippen LogP contribution in [0.5, 0.6) is 5.75 Å². The summed E-state index contributed by atoms with van der Waals surface area (Å²) in [6.07, 6.45) is 2.42. The Bertz CT molecular complexity index is 356. The summed E-state index contributed by atoms with van der Waals surface area (Å²) in [6.45, 7) is 9.98. The van der Waals surface area contributed by atoms with Gasteiger partial charge in [-0.3, -0.25) is 0 Å². The smallest absolute Gasteiger partial charge is 0.119 e. The lowest BCUT2D eigenvalue weighted by Gasteiger charge is -2.14. The molecule has 2 nitrogen and oxygen atoms in total. The van der Waals surface area contributed by atoms with E-state index in [4.69, 9.17) is 16.3 Å². The molecule has 0 saturated carbocycles. The van der Waals surface area contributed by atoms with E-state index in [1.807, 2.05) is 26.0 Å². The minimum absolute atomic E-state index is 0.562. The zero-order valence-corrected chi connectivity index (χ0v) is 12.6. The summed E-state index contributed by atoms with van der Waals surface area (Å²) in [5, 5.41) is 4.27. The third-order valence-corrected chi connectivity index (χ3v) is 3.59. The van der Waals surface area contributed by atoms with Gasteiger partial charge >= 0.3 is 0 Å². The van der Waals surface area contributed by atoms with Gasteiger partial charge in [-0.25, -0.2) is 0 Å². The standard InChI is InChI=1S/C15H24ClNO/c1-5-6-13(4)17-7-8-18-14-9-11(2)15(16)12(3)10-14/h9-10,13,17H,5-8H2,1-4H3. The molecule has 0 amide bonds. The predicted octanol–water partition coefficient (Wildman–Crippen LogP) is 4.11. The van der Waals surface area contributed by atoms with Gasteiger partial charge in [0.2, 0.25) is 0 Å². The molecule has 102 valence electrons. The lowest BCUT2D eigenvalue weighted by molar-refractivity contribution is 0.304. The van der Waals surface area contributed by atoms with Crippen LogP contribution in [-0.2, 0) is 0 Å². The third kappa shape index (κ3) is 4.87. The SMILES string of the molecule is CCCC(C)NCCOc1cc(C)c(Cl)c(C)c1. The van der Waals surface area contributed by atoms with E-state index in [0.29, 0.717) is 12.6 Å². The first-order chi connectivity index (χ1) is 8.54. The number of aryl methyl sites for hydroxylation is 2. The maximum absolute atomic E-state index is 6.12. The molecule has 18 heavy (non-hydrogen) atoms. The van der Waals surface area contributed by atoms with E-state index in [9.17, 15) is 0 Å². The topological polar surface area (TPSA) is 21.3 Å². The average Bonchev–Trinajstić information content (AvgIpc) is 2.32. The number of rotatable bonds is 7. The molecule has 1 unspecified atom stereocenters. The first kappa shape index (κ1) is 15.3. The monoisotopic (exact) mass is 269 g/mol. The zero-order chi connectivity index (χ0) is 13.5. The van der Waals surface area contributed by atoms with E-state index in [1.54, 1.807) is 0 Å². The molecule has 0 fully saturated rings. The van der Waals surface area contributed by atoms with Crippen LogP contribution in [0.4, 0.5) is 0 Å². The molecule has 0 saturated heterocycles. The number of benzene rings is 1. The van der Waals surface area contributed by atoms with Crippen LogP contribution in [0.1, 0.15) is 37.8 Å². The van der Waals surface area contributed by atoms with Crippen LogP contribution in [0.3, 0.4) is 0 Å². The Labute approximate surface area is 116 Å². The van der Waals surface area contributed by atoms with Crippen molar-refractivity contribution in [2.75, 3.05) is 13.2 Å². The van der Waals surface area contributed by atoms with Crippen molar-refractivity contribution < 1.29 is 4.74 Å². The molecule has 1 aromatic carbocycles. The summed E-state index contributed by atoms with van der Waals surface area (Å²) in [7, 11) is 0. The largest absolute Gasteiger partial charge is 0.492 e. The van der Waals surface area contributed by atoms with Gasteiger partial charge in [0.1, 0.15) is 12.4 Å². The number of halogens is 1. The number of ether oxygens (including phenoxy) is 1. The van der Waals surface area contributed by atoms with Crippen molar-refractivity contribution in [2.24, 2.45) is 0 Å². The summed E-state index contributed by atoms with van der Waals surface area (Å²) < 4.78 is 5.73. The van der Waals surface area contributed by atoms with Gasteiger partial charge in [-0.15, -0.1) is 0 Å². The van der Waals surface area contributed by atoms with Crippen LogP contribution in [0.25, 0.3) is 0 Å². The highest BCUT2D eigenvalue weighted by Gasteiger charge is 2.04. The Balaban J connectivity index is 2.36. The van der Waals surface area contributed by atoms with Crippen molar-refractivity contribution in [3.63, 3.8) is 0 Å². The third-order valence-electron chi connectivity index (χ3n) is 3.00. The quantitative estimate of drug-likeness (QED) is 0.752. The Morgan fingerprint density at radius 2 is 1.89 bits per heavy atom. The molecule has 0 bridgehead atoms. The van der Waals surface area contributed by atoms with Gasteiger partial charge in [0, 0.05) is 17.6 Å². The van der Waals surface area contributed by atoms with Gasteiger partial charge < -0.3 is 10.1 Å².